The fraction of sp³-hybridized carbons (Fsp3) is 0.381. The first-order valence-electron chi connectivity index (χ1n) is 9.25. The highest BCUT2D eigenvalue weighted by molar-refractivity contribution is 5.72. The standard InChI is InChI=1S/C21H20F3N3O/c22-17-8-13(2-3-14(17)10-25)16-7-12(1-6-20(16)28-21(23)24)11-27-15-4-5-19(27)18(26)9-15/h1-3,6-8,15,18-19,21H,4-5,9,11,26H2/t15-,18+,19+/m1/s1. The van der Waals surface area contributed by atoms with Gasteiger partial charge >= 0.3 is 6.61 Å². The molecule has 0 aromatic heterocycles. The van der Waals surface area contributed by atoms with Gasteiger partial charge in [-0.25, -0.2) is 4.39 Å². The number of ether oxygens (including phenoxy) is 1. The Morgan fingerprint density at radius 3 is 2.64 bits per heavy atom. The Balaban J connectivity index is 1.68. The fourth-order valence-corrected chi connectivity index (χ4v) is 4.48. The smallest absolute Gasteiger partial charge is 0.387 e. The number of hydrogen-bond acceptors (Lipinski definition) is 4. The number of fused-ring (bicyclic) bond motifs is 2. The van der Waals surface area contributed by atoms with E-state index in [1.807, 2.05) is 0 Å². The third-order valence-electron chi connectivity index (χ3n) is 5.75. The highest BCUT2D eigenvalue weighted by atomic mass is 19.3. The molecular weight excluding hydrogens is 367 g/mol. The molecule has 0 aliphatic carbocycles. The zero-order valence-corrected chi connectivity index (χ0v) is 15.1. The maximum absolute atomic E-state index is 14.1. The molecule has 2 aliphatic heterocycles. The summed E-state index contributed by atoms with van der Waals surface area (Å²) in [7, 11) is 0. The molecule has 2 saturated heterocycles. The molecule has 2 aromatic carbocycles. The van der Waals surface area contributed by atoms with Crippen LogP contribution in [0.25, 0.3) is 11.1 Å². The van der Waals surface area contributed by atoms with Crippen molar-refractivity contribution in [1.29, 1.82) is 5.26 Å². The first kappa shape index (κ1) is 18.8. The van der Waals surface area contributed by atoms with Crippen LogP contribution < -0.4 is 10.5 Å². The Labute approximate surface area is 161 Å². The summed E-state index contributed by atoms with van der Waals surface area (Å²) >= 11 is 0. The lowest BCUT2D eigenvalue weighted by Gasteiger charge is -2.23. The molecule has 7 heteroatoms. The molecule has 0 radical (unpaired) electrons. The Morgan fingerprint density at radius 1 is 1.21 bits per heavy atom. The van der Waals surface area contributed by atoms with Crippen molar-refractivity contribution in [1.82, 2.24) is 4.90 Å². The normalized spacial score (nSPS) is 23.9. The molecular formula is C21H20F3N3O. The van der Waals surface area contributed by atoms with Crippen LogP contribution in [0.15, 0.2) is 36.4 Å². The van der Waals surface area contributed by atoms with Crippen LogP contribution in [0.2, 0.25) is 0 Å². The number of nitrogens with zero attached hydrogens (tertiary/aromatic N) is 2. The van der Waals surface area contributed by atoms with E-state index >= 15 is 0 Å². The molecule has 2 fully saturated rings. The summed E-state index contributed by atoms with van der Waals surface area (Å²) in [4.78, 5) is 2.37. The van der Waals surface area contributed by atoms with Gasteiger partial charge < -0.3 is 10.5 Å². The second kappa shape index (κ2) is 7.46. The van der Waals surface area contributed by atoms with Gasteiger partial charge in [0, 0.05) is 30.2 Å². The molecule has 4 nitrogen and oxygen atoms in total. The molecule has 4 rings (SSSR count). The van der Waals surface area contributed by atoms with Gasteiger partial charge in [0.2, 0.25) is 0 Å². The van der Waals surface area contributed by atoms with Gasteiger partial charge in [-0.3, -0.25) is 4.90 Å². The average molecular weight is 387 g/mol. The number of hydrogen-bond donors (Lipinski definition) is 1. The molecule has 2 aromatic rings. The topological polar surface area (TPSA) is 62.3 Å². The van der Waals surface area contributed by atoms with Crippen LogP contribution >= 0.6 is 0 Å². The van der Waals surface area contributed by atoms with Gasteiger partial charge in [0.1, 0.15) is 17.6 Å². The second-order valence-electron chi connectivity index (χ2n) is 7.39. The van der Waals surface area contributed by atoms with E-state index in [9.17, 15) is 13.2 Å². The van der Waals surface area contributed by atoms with Crippen LogP contribution in [0.5, 0.6) is 5.75 Å². The zero-order valence-electron chi connectivity index (χ0n) is 15.1. The van der Waals surface area contributed by atoms with E-state index in [2.05, 4.69) is 9.64 Å². The first-order chi connectivity index (χ1) is 13.5. The minimum absolute atomic E-state index is 0.0241. The predicted octanol–water partition coefficient (Wildman–Crippen LogP) is 4.03. The molecule has 28 heavy (non-hydrogen) atoms. The van der Waals surface area contributed by atoms with Crippen molar-refractivity contribution in [3.63, 3.8) is 0 Å². The fourth-order valence-electron chi connectivity index (χ4n) is 4.48. The Hall–Kier alpha value is -2.56. The van der Waals surface area contributed by atoms with E-state index in [1.54, 1.807) is 18.2 Å². The van der Waals surface area contributed by atoms with Gasteiger partial charge in [0.25, 0.3) is 0 Å². The number of nitriles is 1. The molecule has 0 saturated carbocycles. The summed E-state index contributed by atoms with van der Waals surface area (Å²) in [5, 5.41) is 8.90. The second-order valence-corrected chi connectivity index (χ2v) is 7.39. The number of benzene rings is 2. The summed E-state index contributed by atoms with van der Waals surface area (Å²) in [5.74, 6) is -0.721. The minimum atomic E-state index is -2.99. The molecule has 0 unspecified atom stereocenters. The Kier molecular flexibility index (Phi) is 5.00. The van der Waals surface area contributed by atoms with Crippen molar-refractivity contribution >= 4 is 0 Å². The van der Waals surface area contributed by atoms with Crippen molar-refractivity contribution in [2.45, 2.75) is 50.5 Å². The number of alkyl halides is 2. The monoisotopic (exact) mass is 387 g/mol. The van der Waals surface area contributed by atoms with Gasteiger partial charge in [-0.15, -0.1) is 0 Å². The highest BCUT2D eigenvalue weighted by Crippen LogP contribution is 2.39. The van der Waals surface area contributed by atoms with E-state index in [4.69, 9.17) is 11.0 Å². The van der Waals surface area contributed by atoms with Gasteiger partial charge in [-0.2, -0.15) is 14.0 Å². The van der Waals surface area contributed by atoms with Crippen LogP contribution in [0.3, 0.4) is 0 Å². The van der Waals surface area contributed by atoms with Gasteiger partial charge in [0.05, 0.1) is 5.56 Å². The Bertz CT molecular complexity index is 928. The third kappa shape index (κ3) is 3.46. The van der Waals surface area contributed by atoms with Crippen molar-refractivity contribution < 1.29 is 17.9 Å². The molecule has 0 spiro atoms. The molecule has 0 amide bonds. The number of halogens is 3. The van der Waals surface area contributed by atoms with Crippen LogP contribution in [0.1, 0.15) is 30.4 Å². The molecule has 2 aliphatic rings. The van der Waals surface area contributed by atoms with E-state index in [-0.39, 0.29) is 17.4 Å². The van der Waals surface area contributed by atoms with Gasteiger partial charge in [0.15, 0.2) is 0 Å². The molecule has 2 N–H and O–H groups in total. The molecule has 146 valence electrons. The van der Waals surface area contributed by atoms with E-state index in [0.29, 0.717) is 29.8 Å². The van der Waals surface area contributed by atoms with Crippen molar-refractivity contribution in [3.05, 3.63) is 53.3 Å². The quantitative estimate of drug-likeness (QED) is 0.842. The highest BCUT2D eigenvalue weighted by Gasteiger charge is 2.44. The lowest BCUT2D eigenvalue weighted by molar-refractivity contribution is -0.0494. The van der Waals surface area contributed by atoms with Crippen molar-refractivity contribution in [2.75, 3.05) is 0 Å². The van der Waals surface area contributed by atoms with Crippen LogP contribution in [0, 0.1) is 17.1 Å². The molecule has 3 atom stereocenters. The van der Waals surface area contributed by atoms with Gasteiger partial charge in [-0.05, 0) is 54.7 Å². The SMILES string of the molecule is N#Cc1ccc(-c2cc(CN3[C@@H]4CC[C@H]3[C@@H](N)C4)ccc2OC(F)F)cc1F. The Morgan fingerprint density at radius 2 is 2.04 bits per heavy atom. The summed E-state index contributed by atoms with van der Waals surface area (Å²) in [6, 6.07) is 11.8. The predicted molar refractivity (Wildman–Crippen MR) is 98.1 cm³/mol. The number of rotatable bonds is 5. The maximum Gasteiger partial charge on any atom is 0.387 e. The van der Waals surface area contributed by atoms with Crippen LogP contribution in [-0.2, 0) is 6.54 Å². The summed E-state index contributed by atoms with van der Waals surface area (Å²) in [6.07, 6.45) is 3.18. The van der Waals surface area contributed by atoms with Crippen LogP contribution in [0.4, 0.5) is 13.2 Å². The average Bonchev–Trinajstić information content (AvgIpc) is 3.18. The van der Waals surface area contributed by atoms with Gasteiger partial charge in [-0.1, -0.05) is 12.1 Å². The summed E-state index contributed by atoms with van der Waals surface area (Å²) in [6.45, 7) is -2.33. The van der Waals surface area contributed by atoms with E-state index in [1.165, 1.54) is 24.3 Å². The van der Waals surface area contributed by atoms with Crippen molar-refractivity contribution in [3.8, 4) is 22.9 Å². The first-order valence-corrected chi connectivity index (χ1v) is 9.25. The lowest BCUT2D eigenvalue weighted by Crippen LogP contribution is -2.36. The van der Waals surface area contributed by atoms with Crippen LogP contribution in [-0.4, -0.2) is 29.6 Å². The summed E-state index contributed by atoms with van der Waals surface area (Å²) < 4.78 is 44.4. The van der Waals surface area contributed by atoms with E-state index in [0.717, 1.165) is 24.8 Å². The van der Waals surface area contributed by atoms with Crippen molar-refractivity contribution in [2.24, 2.45) is 5.73 Å². The summed E-state index contributed by atoms with van der Waals surface area (Å²) in [5.41, 5.74) is 7.78. The minimum Gasteiger partial charge on any atom is -0.434 e. The molecule has 2 heterocycles. The maximum atomic E-state index is 14.1. The molecule has 2 bridgehead atoms. The zero-order chi connectivity index (χ0) is 19.8. The lowest BCUT2D eigenvalue weighted by atomic mass is 9.96. The number of nitrogens with two attached hydrogens (primary N) is 1. The van der Waals surface area contributed by atoms with E-state index < -0.39 is 12.4 Å². The largest absolute Gasteiger partial charge is 0.434 e. The third-order valence-corrected chi connectivity index (χ3v) is 5.75.